The summed E-state index contributed by atoms with van der Waals surface area (Å²) in [7, 11) is 0. The number of nitrogens with zero attached hydrogens (tertiary/aromatic N) is 2. The highest BCUT2D eigenvalue weighted by Crippen LogP contribution is 2.20. The molecule has 0 bridgehead atoms. The van der Waals surface area contributed by atoms with Gasteiger partial charge in [-0.1, -0.05) is 52.8 Å². The predicted octanol–water partition coefficient (Wildman–Crippen LogP) is 4.01. The molecule has 2 aromatic carbocycles. The second kappa shape index (κ2) is 11.0. The van der Waals surface area contributed by atoms with Gasteiger partial charge in [-0.05, 0) is 25.0 Å². The van der Waals surface area contributed by atoms with E-state index in [0.29, 0.717) is 0 Å². The Morgan fingerprint density at radius 2 is 1.72 bits per heavy atom. The van der Waals surface area contributed by atoms with Crippen LogP contribution in [-0.4, -0.2) is 9.78 Å². The molecule has 0 aliphatic heterocycles. The molecule has 0 saturated heterocycles. The Bertz CT molecular complexity index is 869. The van der Waals surface area contributed by atoms with Crippen LogP contribution in [0.4, 0.5) is 5.69 Å². The Kier molecular flexibility index (Phi) is 9.79. The smallest absolute Gasteiger partial charge is 0.255 e. The van der Waals surface area contributed by atoms with Gasteiger partial charge in [0, 0.05) is 5.39 Å². The van der Waals surface area contributed by atoms with Crippen LogP contribution in [0.1, 0.15) is 47.1 Å². The zero-order chi connectivity index (χ0) is 19.6. The van der Waals surface area contributed by atoms with Gasteiger partial charge < -0.3 is 5.73 Å². The summed E-state index contributed by atoms with van der Waals surface area (Å²) in [5.41, 5.74) is 6.48. The first-order chi connectivity index (χ1) is 12.0. The largest absolute Gasteiger partial charge is 0.394 e. The van der Waals surface area contributed by atoms with E-state index < -0.39 is 10.9 Å². The normalized spacial score (nSPS) is 9.20. The molecule has 25 heavy (non-hydrogen) atoms. The van der Waals surface area contributed by atoms with Crippen molar-refractivity contribution in [1.82, 2.24) is 9.78 Å². The van der Waals surface area contributed by atoms with E-state index in [-0.39, 0.29) is 11.4 Å². The van der Waals surface area contributed by atoms with E-state index in [1.807, 2.05) is 59.7 Å². The minimum absolute atomic E-state index is 0.00750. The van der Waals surface area contributed by atoms with Crippen molar-refractivity contribution in [2.45, 2.75) is 48.0 Å². The maximum Gasteiger partial charge on any atom is 0.255 e. The van der Waals surface area contributed by atoms with E-state index in [1.54, 1.807) is 12.3 Å². The van der Waals surface area contributed by atoms with Crippen molar-refractivity contribution in [1.29, 1.82) is 0 Å². The highest BCUT2D eigenvalue weighted by molar-refractivity contribution is 5.82. The van der Waals surface area contributed by atoms with Crippen molar-refractivity contribution in [2.24, 2.45) is 0 Å². The van der Waals surface area contributed by atoms with Crippen molar-refractivity contribution in [3.8, 4) is 5.69 Å². The first-order valence-corrected chi connectivity index (χ1v) is 8.68. The molecule has 3 rings (SSSR count). The third-order valence-corrected chi connectivity index (χ3v) is 3.18. The lowest BCUT2D eigenvalue weighted by Crippen LogP contribution is -2.38. The number of benzene rings is 1. The molecule has 0 saturated carbocycles. The van der Waals surface area contributed by atoms with Gasteiger partial charge in [0.25, 0.3) is 10.9 Å². The molecule has 0 unspecified atom stereocenters. The SMILES string of the molecule is C=CC.CC.CC.CCc1ccc2cnn(-c3c(N)c(=O)c3=O)c2c1. The van der Waals surface area contributed by atoms with Crippen LogP contribution < -0.4 is 16.6 Å². The third kappa shape index (κ3) is 4.66. The van der Waals surface area contributed by atoms with Crippen molar-refractivity contribution in [3.63, 3.8) is 0 Å². The molecule has 1 aromatic heterocycles. The minimum atomic E-state index is -0.625. The number of rotatable bonds is 2. The summed E-state index contributed by atoms with van der Waals surface area (Å²) < 4.78 is 1.45. The fraction of sp³-hybridized carbons (Fsp3) is 0.350. The number of allylic oxidation sites excluding steroid dienone is 1. The molecular weight excluding hydrogens is 314 g/mol. The lowest BCUT2D eigenvalue weighted by molar-refractivity contribution is 0.892. The maximum absolute atomic E-state index is 11.5. The minimum Gasteiger partial charge on any atom is -0.394 e. The van der Waals surface area contributed by atoms with Crippen LogP contribution in [0.25, 0.3) is 16.6 Å². The zero-order valence-corrected chi connectivity index (χ0v) is 16.1. The van der Waals surface area contributed by atoms with Crippen LogP contribution in [-0.2, 0) is 6.42 Å². The molecule has 5 heteroatoms. The van der Waals surface area contributed by atoms with Crippen LogP contribution in [0.5, 0.6) is 0 Å². The molecule has 0 fully saturated rings. The van der Waals surface area contributed by atoms with Crippen molar-refractivity contribution < 1.29 is 0 Å². The molecule has 0 aliphatic carbocycles. The monoisotopic (exact) mass is 343 g/mol. The average Bonchev–Trinajstić information content (AvgIpc) is 3.08. The first kappa shape index (κ1) is 22.3. The van der Waals surface area contributed by atoms with Gasteiger partial charge >= 0.3 is 0 Å². The van der Waals surface area contributed by atoms with Gasteiger partial charge in [-0.3, -0.25) is 9.59 Å². The van der Waals surface area contributed by atoms with Gasteiger partial charge in [-0.2, -0.15) is 5.10 Å². The van der Waals surface area contributed by atoms with E-state index >= 15 is 0 Å². The molecule has 0 amide bonds. The number of fused-ring (bicyclic) bond motifs is 1. The number of hydrogen-bond donors (Lipinski definition) is 1. The molecule has 136 valence electrons. The second-order valence-corrected chi connectivity index (χ2v) is 4.63. The first-order valence-electron chi connectivity index (χ1n) is 8.68. The van der Waals surface area contributed by atoms with Crippen molar-refractivity contribution in [3.05, 3.63) is 63.1 Å². The molecule has 5 nitrogen and oxygen atoms in total. The molecule has 2 N–H and O–H groups in total. The topological polar surface area (TPSA) is 78.0 Å². The summed E-state index contributed by atoms with van der Waals surface area (Å²) in [5.74, 6) is 0. The van der Waals surface area contributed by atoms with Crippen LogP contribution >= 0.6 is 0 Å². The van der Waals surface area contributed by atoms with Crippen LogP contribution in [0.2, 0.25) is 0 Å². The van der Waals surface area contributed by atoms with Gasteiger partial charge in [0.2, 0.25) is 0 Å². The number of anilines is 1. The molecule has 0 spiro atoms. The van der Waals surface area contributed by atoms with E-state index in [4.69, 9.17) is 5.73 Å². The number of nitrogens with two attached hydrogens (primary N) is 1. The number of aromatic nitrogens is 2. The summed E-state index contributed by atoms with van der Waals surface area (Å²) in [6.45, 7) is 15.3. The number of hydrogen-bond acceptors (Lipinski definition) is 4. The fourth-order valence-corrected chi connectivity index (χ4v) is 2.07. The summed E-state index contributed by atoms with van der Waals surface area (Å²) in [6.07, 6.45) is 4.30. The number of aryl methyl sites for hydroxylation is 1. The average molecular weight is 343 g/mol. The van der Waals surface area contributed by atoms with Gasteiger partial charge in [0.15, 0.2) is 0 Å². The van der Waals surface area contributed by atoms with Gasteiger partial charge in [0.1, 0.15) is 11.4 Å². The van der Waals surface area contributed by atoms with Crippen LogP contribution in [0.15, 0.2) is 46.6 Å². The molecule has 0 radical (unpaired) electrons. The molecule has 0 atom stereocenters. The van der Waals surface area contributed by atoms with Gasteiger partial charge in [0.05, 0.1) is 11.7 Å². The maximum atomic E-state index is 11.5. The molecule has 0 aliphatic rings. The highest BCUT2D eigenvalue weighted by Gasteiger charge is 2.21. The van der Waals surface area contributed by atoms with E-state index in [2.05, 4.69) is 11.7 Å². The summed E-state index contributed by atoms with van der Waals surface area (Å²) in [5, 5.41) is 5.05. The summed E-state index contributed by atoms with van der Waals surface area (Å²) in [6, 6.07) is 5.91. The lowest BCUT2D eigenvalue weighted by atomic mass is 10.1. The standard InChI is InChI=1S/C13H11N3O2.C3H6.2C2H6/c1-2-7-3-4-8-6-15-16(9(8)5-7)11-10(14)12(17)13(11)18;1-3-2;2*1-2/h3-6H,2,14H2,1H3;3H,1H2,2H3;2*1-2H3. The predicted molar refractivity (Wildman–Crippen MR) is 108 cm³/mol. The molecular formula is C20H29N3O2. The third-order valence-electron chi connectivity index (χ3n) is 3.18. The Morgan fingerprint density at radius 3 is 2.20 bits per heavy atom. The fourth-order valence-electron chi connectivity index (χ4n) is 2.07. The Labute approximate surface area is 149 Å². The van der Waals surface area contributed by atoms with Crippen LogP contribution in [0, 0.1) is 0 Å². The van der Waals surface area contributed by atoms with E-state index in [9.17, 15) is 9.59 Å². The summed E-state index contributed by atoms with van der Waals surface area (Å²) in [4.78, 5) is 22.7. The molecule has 1 heterocycles. The zero-order valence-electron chi connectivity index (χ0n) is 16.1. The van der Waals surface area contributed by atoms with Crippen molar-refractivity contribution >= 4 is 16.6 Å². The lowest BCUT2D eigenvalue weighted by Gasteiger charge is -2.08. The second-order valence-electron chi connectivity index (χ2n) is 4.63. The molecule has 3 aromatic rings. The number of nitrogen functional groups attached to an aromatic ring is 1. The Balaban J connectivity index is 0.000000728. The highest BCUT2D eigenvalue weighted by atomic mass is 16.2. The van der Waals surface area contributed by atoms with Crippen molar-refractivity contribution in [2.75, 3.05) is 5.73 Å². The van der Waals surface area contributed by atoms with E-state index in [1.165, 1.54) is 4.68 Å². The quantitative estimate of drug-likeness (QED) is 0.563. The Morgan fingerprint density at radius 1 is 1.16 bits per heavy atom. The van der Waals surface area contributed by atoms with Gasteiger partial charge in [-0.15, -0.1) is 6.58 Å². The van der Waals surface area contributed by atoms with Crippen LogP contribution in [0.3, 0.4) is 0 Å². The van der Waals surface area contributed by atoms with Gasteiger partial charge in [-0.25, -0.2) is 4.68 Å². The van der Waals surface area contributed by atoms with E-state index in [0.717, 1.165) is 22.9 Å². The Hall–Kier alpha value is -2.69. The summed E-state index contributed by atoms with van der Waals surface area (Å²) >= 11 is 0.